The van der Waals surface area contributed by atoms with Crippen molar-refractivity contribution in [3.8, 4) is 0 Å². The van der Waals surface area contributed by atoms with Crippen LogP contribution in [0.4, 0.5) is 0 Å². The number of carbonyl (C=O) groups excluding carboxylic acids is 8. The molecule has 0 heterocycles. The fraction of sp³-hybridized carbons (Fsp3) is 0.595. The van der Waals surface area contributed by atoms with Crippen LogP contribution in [0.25, 0.3) is 0 Å². The number of aliphatic carboxylic acids is 2. The van der Waals surface area contributed by atoms with E-state index in [1.54, 1.807) is 50.4 Å². The summed E-state index contributed by atoms with van der Waals surface area (Å²) in [4.78, 5) is 134. The average molecular weight is 980 g/mol. The van der Waals surface area contributed by atoms with Gasteiger partial charge in [-0.05, 0) is 81.4 Å². The van der Waals surface area contributed by atoms with Crippen molar-refractivity contribution in [1.82, 2.24) is 37.2 Å². The lowest BCUT2D eigenvalue weighted by Crippen LogP contribution is -2.60. The average Bonchev–Trinajstić information content (AvgIpc) is 3.27. The van der Waals surface area contributed by atoms with Gasteiger partial charge in [0.1, 0.15) is 42.3 Å². The van der Waals surface area contributed by atoms with E-state index in [2.05, 4.69) is 42.2 Å². The maximum atomic E-state index is 13.9. The van der Waals surface area contributed by atoms with Crippen molar-refractivity contribution in [2.45, 2.75) is 120 Å². The van der Waals surface area contributed by atoms with E-state index in [1.807, 2.05) is 0 Å². The first-order valence-electron chi connectivity index (χ1n) is 22.0. The number of unbranched alkanes of at least 4 members (excludes halogenated alkanes) is 1. The third kappa shape index (κ3) is 24.3. The third-order valence-electron chi connectivity index (χ3n) is 9.93. The Kier molecular flexibility index (Phi) is 28.2. The van der Waals surface area contributed by atoms with Crippen LogP contribution in [-0.4, -0.2) is 143 Å². The summed E-state index contributed by atoms with van der Waals surface area (Å²) in [6.45, 7) is 3.20. The number of carboxylic acid groups (broad SMARTS) is 2. The third-order valence-corrected chi connectivity index (χ3v) is 10.6. The molecule has 1 aromatic rings. The van der Waals surface area contributed by atoms with Crippen LogP contribution in [0.3, 0.4) is 0 Å². The molecule has 0 unspecified atom stereocenters. The molecule has 0 bridgehead atoms. The molecule has 0 aliphatic rings. The van der Waals surface area contributed by atoms with Crippen LogP contribution in [0.2, 0.25) is 0 Å². The predicted octanol–water partition coefficient (Wildman–Crippen LogP) is -3.48. The summed E-state index contributed by atoms with van der Waals surface area (Å²) in [6, 6.07) is -1.47. The standard InChI is InChI=1S/C42H69N13O12S/c1-23(2)20-29(35(60)49-22-32(57)50-28(41(66)67)13-9-18-48-42(46)47)54-37(62)26(14-15-31(44)56)51-38(63)27(16-19-68-3)52-39(64)30(21-33(58)59)55-36(61)25(12-7-8-17-43)53-40(65)34(45)24-10-5-4-6-11-24/h4-6,10-11,23,25-30,34H,7-9,12-22,43,45H2,1-3H3,(H2,44,56)(H,49,60)(H,50,57)(H,51,63)(H,52,64)(H,53,65)(H,54,62)(H,55,61)(H,58,59)(H,66,67)(H4,46,47,48)/t25-,26-,27-,28-,29-,30-,34+/m0/s1. The molecule has 1 aromatic carbocycles. The van der Waals surface area contributed by atoms with Gasteiger partial charge in [-0.25, -0.2) is 4.79 Å². The van der Waals surface area contributed by atoms with Crippen molar-refractivity contribution in [2.75, 3.05) is 31.6 Å². The number of nitrogens with zero attached hydrogens (tertiary/aromatic N) is 1. The first kappa shape index (κ1) is 59.5. The number of hydrogen-bond donors (Lipinski definition) is 14. The van der Waals surface area contributed by atoms with Gasteiger partial charge in [-0.2, -0.15) is 11.8 Å². The van der Waals surface area contributed by atoms with E-state index < -0.39 is 121 Å². The fourth-order valence-electron chi connectivity index (χ4n) is 6.37. The van der Waals surface area contributed by atoms with Crippen molar-refractivity contribution >= 4 is 76.9 Å². The van der Waals surface area contributed by atoms with Crippen LogP contribution >= 0.6 is 11.8 Å². The van der Waals surface area contributed by atoms with E-state index in [-0.39, 0.29) is 69.2 Å². The quantitative estimate of drug-likeness (QED) is 0.0181. The molecule has 0 saturated carbocycles. The molecule has 7 atom stereocenters. The number of carboxylic acids is 2. The van der Waals surface area contributed by atoms with Gasteiger partial charge < -0.3 is 76.1 Å². The Labute approximate surface area is 398 Å². The first-order valence-corrected chi connectivity index (χ1v) is 23.4. The smallest absolute Gasteiger partial charge is 0.326 e. The van der Waals surface area contributed by atoms with Crippen molar-refractivity contribution in [3.63, 3.8) is 0 Å². The maximum absolute atomic E-state index is 13.9. The number of primary amides is 1. The molecular formula is C42H69N13O12S. The molecule has 25 nitrogen and oxygen atoms in total. The van der Waals surface area contributed by atoms with Crippen molar-refractivity contribution in [1.29, 1.82) is 0 Å². The zero-order valence-corrected chi connectivity index (χ0v) is 39.4. The van der Waals surface area contributed by atoms with Gasteiger partial charge >= 0.3 is 11.9 Å². The van der Waals surface area contributed by atoms with Crippen LogP contribution in [0.15, 0.2) is 35.3 Å². The van der Waals surface area contributed by atoms with Gasteiger partial charge in [0.05, 0.1) is 13.0 Å². The van der Waals surface area contributed by atoms with Gasteiger partial charge in [0.15, 0.2) is 5.96 Å². The summed E-state index contributed by atoms with van der Waals surface area (Å²) >= 11 is 1.29. The molecule has 380 valence electrons. The highest BCUT2D eigenvalue weighted by Crippen LogP contribution is 2.13. The lowest BCUT2D eigenvalue weighted by atomic mass is 10.0. The first-order chi connectivity index (χ1) is 32.1. The van der Waals surface area contributed by atoms with Gasteiger partial charge in [0, 0.05) is 13.0 Å². The van der Waals surface area contributed by atoms with E-state index >= 15 is 0 Å². The number of carbonyl (C=O) groups is 10. The Hall–Kier alpha value is -6.54. The summed E-state index contributed by atoms with van der Waals surface area (Å²) < 4.78 is 0. The second kappa shape index (κ2) is 32.2. The number of guanidine groups is 1. The second-order valence-corrected chi connectivity index (χ2v) is 17.1. The molecule has 8 amide bonds. The lowest BCUT2D eigenvalue weighted by Gasteiger charge is -2.27. The molecule has 0 aromatic heterocycles. The largest absolute Gasteiger partial charge is 0.481 e. The van der Waals surface area contributed by atoms with Crippen LogP contribution in [0.5, 0.6) is 0 Å². The van der Waals surface area contributed by atoms with Gasteiger partial charge in [0.2, 0.25) is 47.3 Å². The molecule has 0 aliphatic carbocycles. The number of thioether (sulfide) groups is 1. The zero-order chi connectivity index (χ0) is 51.3. The highest BCUT2D eigenvalue weighted by Gasteiger charge is 2.34. The number of hydrogen-bond acceptors (Lipinski definition) is 14. The molecule has 68 heavy (non-hydrogen) atoms. The van der Waals surface area contributed by atoms with Crippen LogP contribution < -0.4 is 65.9 Å². The Morgan fingerprint density at radius 1 is 0.647 bits per heavy atom. The van der Waals surface area contributed by atoms with E-state index in [0.717, 1.165) is 0 Å². The van der Waals surface area contributed by atoms with E-state index in [1.165, 1.54) is 11.8 Å². The number of aliphatic imine (C=N–C) groups is 1. The van der Waals surface area contributed by atoms with E-state index in [0.29, 0.717) is 18.4 Å². The number of rotatable bonds is 34. The van der Waals surface area contributed by atoms with Crippen molar-refractivity contribution in [2.24, 2.45) is 39.6 Å². The molecule has 1 rings (SSSR count). The van der Waals surface area contributed by atoms with Gasteiger partial charge in [-0.3, -0.25) is 48.1 Å². The number of benzene rings is 1. The molecule has 0 radical (unpaired) electrons. The Morgan fingerprint density at radius 2 is 1.18 bits per heavy atom. The number of nitrogens with one attached hydrogen (secondary N) is 7. The molecule has 0 saturated heterocycles. The minimum absolute atomic E-state index is 0.0265. The molecule has 19 N–H and O–H groups in total. The summed E-state index contributed by atoms with van der Waals surface area (Å²) in [5.41, 5.74) is 28.1. The molecule has 0 spiro atoms. The second-order valence-electron chi connectivity index (χ2n) is 16.1. The molecule has 26 heteroatoms. The Balaban J connectivity index is 3.28. The lowest BCUT2D eigenvalue weighted by molar-refractivity contribution is -0.142. The highest BCUT2D eigenvalue weighted by molar-refractivity contribution is 7.98. The molecule has 0 fully saturated rings. The zero-order valence-electron chi connectivity index (χ0n) is 38.6. The summed E-state index contributed by atoms with van der Waals surface area (Å²) in [5.74, 6) is -10.1. The van der Waals surface area contributed by atoms with Gasteiger partial charge in [-0.1, -0.05) is 44.2 Å². The topological polar surface area (TPSA) is 438 Å². The Bertz CT molecular complexity index is 1890. The molecule has 0 aliphatic heterocycles. The maximum Gasteiger partial charge on any atom is 0.326 e. The van der Waals surface area contributed by atoms with Crippen molar-refractivity contribution in [3.05, 3.63) is 35.9 Å². The monoisotopic (exact) mass is 979 g/mol. The summed E-state index contributed by atoms with van der Waals surface area (Å²) in [7, 11) is 0. The SMILES string of the molecule is CSCC[C@H](NC(=O)[C@H](CC(=O)O)NC(=O)[C@H](CCCCN)NC(=O)[C@H](N)c1ccccc1)C(=O)N[C@@H](CCC(N)=O)C(=O)N[C@@H](CC(C)C)C(=O)NCC(=O)N[C@@H](CCCN=C(N)N)C(=O)O. The van der Waals surface area contributed by atoms with Crippen LogP contribution in [0.1, 0.15) is 89.7 Å². The number of nitrogens with two attached hydrogens (primary N) is 5. The van der Waals surface area contributed by atoms with Gasteiger partial charge in [0.25, 0.3) is 0 Å². The fourth-order valence-corrected chi connectivity index (χ4v) is 6.84. The summed E-state index contributed by atoms with van der Waals surface area (Å²) in [6.07, 6.45) is 1.04. The predicted molar refractivity (Wildman–Crippen MR) is 252 cm³/mol. The minimum atomic E-state index is -1.77. The molecular weight excluding hydrogens is 911 g/mol. The van der Waals surface area contributed by atoms with Crippen molar-refractivity contribution < 1.29 is 58.2 Å². The van der Waals surface area contributed by atoms with Crippen LogP contribution in [0, 0.1) is 5.92 Å². The van der Waals surface area contributed by atoms with Crippen LogP contribution in [-0.2, 0) is 47.9 Å². The van der Waals surface area contributed by atoms with E-state index in [4.69, 9.17) is 28.7 Å². The Morgan fingerprint density at radius 3 is 1.71 bits per heavy atom. The minimum Gasteiger partial charge on any atom is -0.481 e. The summed E-state index contributed by atoms with van der Waals surface area (Å²) in [5, 5.41) is 36.3. The normalized spacial score (nSPS) is 14.0. The van der Waals surface area contributed by atoms with E-state index in [9.17, 15) is 58.2 Å². The van der Waals surface area contributed by atoms with Gasteiger partial charge in [-0.15, -0.1) is 0 Å². The number of amides is 8. The highest BCUT2D eigenvalue weighted by atomic mass is 32.2.